The molecule has 1 aromatic heterocycles. The van der Waals surface area contributed by atoms with Crippen molar-refractivity contribution in [1.29, 1.82) is 0 Å². The summed E-state index contributed by atoms with van der Waals surface area (Å²) in [6, 6.07) is 9.13. The molecule has 0 radical (unpaired) electrons. The van der Waals surface area contributed by atoms with Gasteiger partial charge in [-0.2, -0.15) is 0 Å². The molecular weight excluding hydrogens is 444 g/mol. The lowest BCUT2D eigenvalue weighted by molar-refractivity contribution is -0.394. The van der Waals surface area contributed by atoms with Crippen molar-refractivity contribution < 1.29 is 23.1 Å². The monoisotopic (exact) mass is 458 g/mol. The molecule has 13 nitrogen and oxygen atoms in total. The van der Waals surface area contributed by atoms with E-state index in [9.17, 15) is 33.4 Å². The van der Waals surface area contributed by atoms with E-state index < -0.39 is 37.2 Å². The van der Waals surface area contributed by atoms with E-state index in [0.29, 0.717) is 5.69 Å². The number of nitrogens with zero attached hydrogens (tertiary/aromatic N) is 4. The van der Waals surface area contributed by atoms with Crippen LogP contribution in [0.15, 0.2) is 59.6 Å². The average molecular weight is 458 g/mol. The Hall–Kier alpha value is -4.46. The van der Waals surface area contributed by atoms with Crippen LogP contribution in [0.3, 0.4) is 0 Å². The van der Waals surface area contributed by atoms with E-state index in [1.54, 1.807) is 13.0 Å². The first kappa shape index (κ1) is 22.2. The smallest absolute Gasteiger partial charge is 0.277 e. The molecule has 0 atom stereocenters. The van der Waals surface area contributed by atoms with E-state index in [1.165, 1.54) is 30.5 Å². The molecule has 0 fully saturated rings. The van der Waals surface area contributed by atoms with Crippen LogP contribution in [-0.2, 0) is 10.0 Å². The number of aromatic nitrogens is 2. The minimum absolute atomic E-state index is 0.102. The molecule has 0 aliphatic heterocycles. The van der Waals surface area contributed by atoms with Crippen LogP contribution in [0.1, 0.15) is 16.1 Å². The van der Waals surface area contributed by atoms with E-state index in [4.69, 9.17) is 0 Å². The summed E-state index contributed by atoms with van der Waals surface area (Å²) < 4.78 is 27.2. The van der Waals surface area contributed by atoms with Gasteiger partial charge in [0.15, 0.2) is 0 Å². The number of nitro groups is 2. The highest BCUT2D eigenvalue weighted by Crippen LogP contribution is 2.24. The summed E-state index contributed by atoms with van der Waals surface area (Å²) in [5.74, 6) is -0.951. The number of rotatable bonds is 7. The molecule has 0 unspecified atom stereocenters. The molecule has 2 N–H and O–H groups in total. The van der Waals surface area contributed by atoms with E-state index in [0.717, 1.165) is 18.2 Å². The van der Waals surface area contributed by atoms with Gasteiger partial charge in [-0.15, -0.1) is 0 Å². The minimum Gasteiger partial charge on any atom is -0.322 e. The molecule has 164 valence electrons. The van der Waals surface area contributed by atoms with E-state index >= 15 is 0 Å². The number of carbonyl (C=O) groups excluding carboxylic acids is 1. The molecule has 0 saturated carbocycles. The third-order valence-corrected chi connectivity index (χ3v) is 5.37. The number of benzene rings is 2. The number of aryl methyl sites for hydroxylation is 1. The topological polar surface area (TPSA) is 187 Å². The first-order chi connectivity index (χ1) is 15.0. The van der Waals surface area contributed by atoms with Gasteiger partial charge in [0.25, 0.3) is 27.3 Å². The molecule has 0 bridgehead atoms. The van der Waals surface area contributed by atoms with E-state index in [-0.39, 0.29) is 22.1 Å². The fourth-order valence-corrected chi connectivity index (χ4v) is 3.49. The maximum absolute atomic E-state index is 12.5. The van der Waals surface area contributed by atoms with Crippen molar-refractivity contribution in [3.05, 3.63) is 86.2 Å². The van der Waals surface area contributed by atoms with Gasteiger partial charge in [-0.3, -0.25) is 25.0 Å². The number of hydrogen-bond donors (Lipinski definition) is 2. The molecular formula is C18H14N6O7S. The SMILES string of the molecule is Cc1ccnc(NS(=O)(=O)c2ccc(NC(=O)c3cc([N+](=O)[O-])cc([N+](=O)[O-])c3)cc2)n1. The third kappa shape index (κ3) is 5.17. The normalized spacial score (nSPS) is 10.9. The molecule has 0 spiro atoms. The molecule has 1 heterocycles. The van der Waals surface area contributed by atoms with Crippen molar-refractivity contribution in [2.24, 2.45) is 0 Å². The van der Waals surface area contributed by atoms with Crippen LogP contribution < -0.4 is 10.0 Å². The predicted octanol–water partition coefficient (Wildman–Crippen LogP) is 2.65. The Labute approximate surface area is 180 Å². The highest BCUT2D eigenvalue weighted by atomic mass is 32.2. The van der Waals surface area contributed by atoms with Crippen LogP contribution >= 0.6 is 0 Å². The number of carbonyl (C=O) groups is 1. The molecule has 32 heavy (non-hydrogen) atoms. The fraction of sp³-hybridized carbons (Fsp3) is 0.0556. The standard InChI is InChI=1S/C18H14N6O7S/c1-11-6-7-19-18(20-11)22-32(30,31)16-4-2-13(3-5-16)21-17(25)12-8-14(23(26)27)10-15(9-12)24(28)29/h2-10H,1H3,(H,21,25)(H,19,20,22). The minimum atomic E-state index is -4.00. The van der Waals surface area contributed by atoms with Crippen molar-refractivity contribution in [2.75, 3.05) is 10.0 Å². The Bertz CT molecular complexity index is 1290. The number of hydrogen-bond acceptors (Lipinski definition) is 9. The van der Waals surface area contributed by atoms with Gasteiger partial charge in [0.1, 0.15) is 0 Å². The summed E-state index contributed by atoms with van der Waals surface area (Å²) >= 11 is 0. The molecule has 0 saturated heterocycles. The lowest BCUT2D eigenvalue weighted by Crippen LogP contribution is -2.16. The van der Waals surface area contributed by atoms with Crippen LogP contribution in [-0.4, -0.2) is 34.1 Å². The second-order valence-corrected chi connectivity index (χ2v) is 8.04. The van der Waals surface area contributed by atoms with Gasteiger partial charge in [-0.25, -0.2) is 23.1 Å². The third-order valence-electron chi connectivity index (χ3n) is 4.03. The second kappa shape index (κ2) is 8.73. The quantitative estimate of drug-likeness (QED) is 0.396. The Morgan fingerprint density at radius 1 is 0.969 bits per heavy atom. The molecule has 3 rings (SSSR count). The van der Waals surface area contributed by atoms with Crippen molar-refractivity contribution >= 4 is 38.9 Å². The largest absolute Gasteiger partial charge is 0.322 e. The lowest BCUT2D eigenvalue weighted by Gasteiger charge is -2.09. The number of anilines is 2. The highest BCUT2D eigenvalue weighted by Gasteiger charge is 2.20. The fourth-order valence-electron chi connectivity index (χ4n) is 2.53. The molecule has 3 aromatic rings. The first-order valence-electron chi connectivity index (χ1n) is 8.73. The summed E-state index contributed by atoms with van der Waals surface area (Å²) in [6.45, 7) is 1.67. The summed E-state index contributed by atoms with van der Waals surface area (Å²) in [6.07, 6.45) is 1.40. The van der Waals surface area contributed by atoms with Crippen molar-refractivity contribution in [3.8, 4) is 0 Å². The van der Waals surface area contributed by atoms with Crippen LogP contribution in [0.4, 0.5) is 23.0 Å². The molecule has 14 heteroatoms. The molecule has 2 aromatic carbocycles. The van der Waals surface area contributed by atoms with Gasteiger partial charge in [-0.05, 0) is 37.3 Å². The second-order valence-electron chi connectivity index (χ2n) is 6.36. The molecule has 0 aliphatic rings. The number of nitrogens with one attached hydrogen (secondary N) is 2. The Morgan fingerprint density at radius 3 is 2.09 bits per heavy atom. The Balaban J connectivity index is 1.79. The Morgan fingerprint density at radius 2 is 1.56 bits per heavy atom. The number of amides is 1. The van der Waals surface area contributed by atoms with E-state index in [1.807, 2.05) is 0 Å². The van der Waals surface area contributed by atoms with Crippen molar-refractivity contribution in [1.82, 2.24) is 9.97 Å². The summed E-state index contributed by atoms with van der Waals surface area (Å²) in [7, 11) is -4.00. The summed E-state index contributed by atoms with van der Waals surface area (Å²) in [5.41, 5.74) is -0.807. The van der Waals surface area contributed by atoms with Gasteiger partial charge in [0.2, 0.25) is 5.95 Å². The maximum atomic E-state index is 12.5. The van der Waals surface area contributed by atoms with Crippen LogP contribution in [0.25, 0.3) is 0 Å². The number of non-ortho nitro benzene ring substituents is 2. The van der Waals surface area contributed by atoms with Gasteiger partial charge >= 0.3 is 0 Å². The van der Waals surface area contributed by atoms with Gasteiger partial charge in [0.05, 0.1) is 26.4 Å². The summed E-state index contributed by atoms with van der Waals surface area (Å²) in [5, 5.41) is 24.3. The Kier molecular flexibility index (Phi) is 6.06. The van der Waals surface area contributed by atoms with Gasteiger partial charge in [-0.1, -0.05) is 0 Å². The zero-order valence-corrected chi connectivity index (χ0v) is 17.1. The highest BCUT2D eigenvalue weighted by molar-refractivity contribution is 7.92. The number of sulfonamides is 1. The van der Waals surface area contributed by atoms with Gasteiger partial charge < -0.3 is 5.32 Å². The van der Waals surface area contributed by atoms with E-state index in [2.05, 4.69) is 20.0 Å². The lowest BCUT2D eigenvalue weighted by atomic mass is 10.1. The predicted molar refractivity (Wildman–Crippen MR) is 112 cm³/mol. The summed E-state index contributed by atoms with van der Waals surface area (Å²) in [4.78, 5) is 40.3. The maximum Gasteiger partial charge on any atom is 0.277 e. The molecule has 0 aliphatic carbocycles. The van der Waals surface area contributed by atoms with Crippen molar-refractivity contribution in [2.45, 2.75) is 11.8 Å². The average Bonchev–Trinajstić information content (AvgIpc) is 2.73. The zero-order chi connectivity index (χ0) is 23.5. The van der Waals surface area contributed by atoms with Crippen LogP contribution in [0.5, 0.6) is 0 Å². The number of nitro benzene ring substituents is 2. The first-order valence-corrected chi connectivity index (χ1v) is 10.2. The van der Waals surface area contributed by atoms with Gasteiger partial charge in [0, 0.05) is 29.7 Å². The molecule has 1 amide bonds. The zero-order valence-electron chi connectivity index (χ0n) is 16.3. The van der Waals surface area contributed by atoms with Crippen LogP contribution in [0, 0.1) is 27.2 Å². The van der Waals surface area contributed by atoms with Crippen LogP contribution in [0.2, 0.25) is 0 Å². The van der Waals surface area contributed by atoms with Crippen molar-refractivity contribution in [3.63, 3.8) is 0 Å².